The smallest absolute Gasteiger partial charge is 0.132 e. The molecule has 0 saturated carbocycles. The topological polar surface area (TPSA) is 9.23 Å². The lowest BCUT2D eigenvalue weighted by molar-refractivity contribution is 0.457. The molecule has 3 aromatic carbocycles. The Kier molecular flexibility index (Phi) is 3.17. The van der Waals surface area contributed by atoms with Crippen molar-refractivity contribution in [2.24, 2.45) is 0 Å². The van der Waals surface area contributed by atoms with Crippen molar-refractivity contribution < 1.29 is 4.74 Å². The highest BCUT2D eigenvalue weighted by Gasteiger charge is 2.19. The molecule has 0 atom stereocenters. The van der Waals surface area contributed by atoms with E-state index in [0.29, 0.717) is 0 Å². The minimum absolute atomic E-state index is 0.932. The molecule has 0 aliphatic carbocycles. The molecule has 3 aromatic rings. The van der Waals surface area contributed by atoms with Crippen molar-refractivity contribution in [2.75, 3.05) is 0 Å². The molecule has 4 rings (SSSR count). The number of benzene rings is 3. The van der Waals surface area contributed by atoms with Crippen LogP contribution in [0.15, 0.2) is 82.6 Å². The highest BCUT2D eigenvalue weighted by atomic mass is 32.2. The molecule has 0 fully saturated rings. The van der Waals surface area contributed by atoms with Crippen molar-refractivity contribution in [2.45, 2.75) is 16.2 Å². The van der Waals surface area contributed by atoms with Crippen LogP contribution >= 0.6 is 11.8 Å². The molecular formula is C19H14OS. The Hall–Kier alpha value is -2.19. The van der Waals surface area contributed by atoms with Crippen LogP contribution in [-0.4, -0.2) is 0 Å². The molecule has 1 nitrogen and oxygen atoms in total. The number of hydrogen-bond acceptors (Lipinski definition) is 2. The normalized spacial score (nSPS) is 12.2. The van der Waals surface area contributed by atoms with Crippen LogP contribution in [0.2, 0.25) is 0 Å². The molecule has 0 unspecified atom stereocenters. The number of ether oxygens (including phenoxy) is 1. The summed E-state index contributed by atoms with van der Waals surface area (Å²) in [6.07, 6.45) is 0.932. The number of hydrogen-bond donors (Lipinski definition) is 0. The van der Waals surface area contributed by atoms with Gasteiger partial charge in [-0.05, 0) is 35.9 Å². The first kappa shape index (κ1) is 12.5. The Morgan fingerprint density at radius 3 is 2.38 bits per heavy atom. The SMILES string of the molecule is c1ccc(Sc2cccc3c2Cc2ccccc2O3)cc1. The number of fused-ring (bicyclic) bond motifs is 2. The molecule has 0 N–H and O–H groups in total. The van der Waals surface area contributed by atoms with E-state index < -0.39 is 0 Å². The first-order valence-electron chi connectivity index (χ1n) is 7.01. The molecule has 0 amide bonds. The van der Waals surface area contributed by atoms with E-state index in [4.69, 9.17) is 4.74 Å². The van der Waals surface area contributed by atoms with Crippen molar-refractivity contribution >= 4 is 11.8 Å². The van der Waals surface area contributed by atoms with Gasteiger partial charge in [-0.1, -0.05) is 54.2 Å². The molecule has 0 saturated heterocycles. The van der Waals surface area contributed by atoms with Crippen LogP contribution in [0.1, 0.15) is 11.1 Å². The van der Waals surface area contributed by atoms with Crippen molar-refractivity contribution in [1.82, 2.24) is 0 Å². The summed E-state index contributed by atoms with van der Waals surface area (Å²) in [6, 6.07) is 25.0. The third-order valence-electron chi connectivity index (χ3n) is 3.62. The van der Waals surface area contributed by atoms with Gasteiger partial charge >= 0.3 is 0 Å². The lowest BCUT2D eigenvalue weighted by Gasteiger charge is -2.22. The van der Waals surface area contributed by atoms with Crippen molar-refractivity contribution in [1.29, 1.82) is 0 Å². The maximum absolute atomic E-state index is 6.04. The zero-order valence-electron chi connectivity index (χ0n) is 11.5. The monoisotopic (exact) mass is 290 g/mol. The third-order valence-corrected chi connectivity index (χ3v) is 4.73. The lowest BCUT2D eigenvalue weighted by atomic mass is 10.0. The molecule has 1 heterocycles. The zero-order chi connectivity index (χ0) is 14.1. The van der Waals surface area contributed by atoms with Crippen LogP contribution in [0.5, 0.6) is 11.5 Å². The lowest BCUT2D eigenvalue weighted by Crippen LogP contribution is -2.03. The van der Waals surface area contributed by atoms with Gasteiger partial charge in [-0.2, -0.15) is 0 Å². The Morgan fingerprint density at radius 2 is 1.48 bits per heavy atom. The fraction of sp³-hybridized carbons (Fsp3) is 0.0526. The summed E-state index contributed by atoms with van der Waals surface area (Å²) in [5.41, 5.74) is 2.54. The summed E-state index contributed by atoms with van der Waals surface area (Å²) in [5, 5.41) is 0. The summed E-state index contributed by atoms with van der Waals surface area (Å²) in [6.45, 7) is 0. The van der Waals surface area contributed by atoms with Crippen LogP contribution < -0.4 is 4.74 Å². The van der Waals surface area contributed by atoms with Gasteiger partial charge in [-0.25, -0.2) is 0 Å². The van der Waals surface area contributed by atoms with E-state index in [9.17, 15) is 0 Å². The fourth-order valence-corrected chi connectivity index (χ4v) is 3.57. The molecule has 1 aliphatic rings. The predicted octanol–water partition coefficient (Wildman–Crippen LogP) is 5.53. The van der Waals surface area contributed by atoms with Gasteiger partial charge in [-0.3, -0.25) is 0 Å². The zero-order valence-corrected chi connectivity index (χ0v) is 12.3. The average Bonchev–Trinajstić information content (AvgIpc) is 2.54. The second-order valence-electron chi connectivity index (χ2n) is 5.03. The minimum atomic E-state index is 0.932. The minimum Gasteiger partial charge on any atom is -0.457 e. The maximum Gasteiger partial charge on any atom is 0.132 e. The van der Waals surface area contributed by atoms with E-state index >= 15 is 0 Å². The van der Waals surface area contributed by atoms with Gasteiger partial charge in [0.15, 0.2) is 0 Å². The van der Waals surface area contributed by atoms with Crippen LogP contribution in [0.25, 0.3) is 0 Å². The molecule has 102 valence electrons. The summed E-state index contributed by atoms with van der Waals surface area (Å²) in [7, 11) is 0. The van der Waals surface area contributed by atoms with E-state index in [1.54, 1.807) is 11.8 Å². The van der Waals surface area contributed by atoms with Crippen molar-refractivity contribution in [3.8, 4) is 11.5 Å². The largest absolute Gasteiger partial charge is 0.457 e. The third kappa shape index (κ3) is 2.43. The van der Waals surface area contributed by atoms with E-state index in [1.165, 1.54) is 20.9 Å². The van der Waals surface area contributed by atoms with Crippen molar-refractivity contribution in [3.63, 3.8) is 0 Å². The Morgan fingerprint density at radius 1 is 0.714 bits per heavy atom. The fourth-order valence-electron chi connectivity index (χ4n) is 2.58. The Labute approximate surface area is 128 Å². The quantitative estimate of drug-likeness (QED) is 0.480. The number of rotatable bonds is 2. The first-order chi connectivity index (χ1) is 10.4. The van der Waals surface area contributed by atoms with Gasteiger partial charge < -0.3 is 4.74 Å². The average molecular weight is 290 g/mol. The van der Waals surface area contributed by atoms with Gasteiger partial charge in [0, 0.05) is 21.8 Å². The second kappa shape index (κ2) is 5.30. The van der Waals surface area contributed by atoms with Gasteiger partial charge in [-0.15, -0.1) is 0 Å². The van der Waals surface area contributed by atoms with Gasteiger partial charge in [0.25, 0.3) is 0 Å². The van der Waals surface area contributed by atoms with E-state index in [2.05, 4.69) is 54.6 Å². The second-order valence-corrected chi connectivity index (χ2v) is 6.15. The molecule has 21 heavy (non-hydrogen) atoms. The molecule has 1 aliphatic heterocycles. The Bertz CT molecular complexity index is 781. The van der Waals surface area contributed by atoms with Crippen LogP contribution in [0.4, 0.5) is 0 Å². The highest BCUT2D eigenvalue weighted by molar-refractivity contribution is 7.99. The predicted molar refractivity (Wildman–Crippen MR) is 86.3 cm³/mol. The van der Waals surface area contributed by atoms with Crippen LogP contribution in [0.3, 0.4) is 0 Å². The summed E-state index contributed by atoms with van der Waals surface area (Å²) >= 11 is 1.80. The van der Waals surface area contributed by atoms with Gasteiger partial charge in [0.05, 0.1) is 0 Å². The maximum atomic E-state index is 6.04. The van der Waals surface area contributed by atoms with E-state index in [-0.39, 0.29) is 0 Å². The first-order valence-corrected chi connectivity index (χ1v) is 7.82. The molecule has 0 spiro atoms. The van der Waals surface area contributed by atoms with E-state index in [0.717, 1.165) is 17.9 Å². The summed E-state index contributed by atoms with van der Waals surface area (Å²) < 4.78 is 6.04. The molecule has 0 aromatic heterocycles. The number of para-hydroxylation sites is 1. The Balaban J connectivity index is 1.73. The highest BCUT2D eigenvalue weighted by Crippen LogP contribution is 2.42. The van der Waals surface area contributed by atoms with E-state index in [1.807, 2.05) is 18.2 Å². The molecular weight excluding hydrogens is 276 g/mol. The summed E-state index contributed by atoms with van der Waals surface area (Å²) in [4.78, 5) is 2.53. The van der Waals surface area contributed by atoms with Gasteiger partial charge in [0.2, 0.25) is 0 Å². The molecule has 2 heteroatoms. The molecule has 0 bridgehead atoms. The van der Waals surface area contributed by atoms with Crippen LogP contribution in [0, 0.1) is 0 Å². The van der Waals surface area contributed by atoms with Crippen molar-refractivity contribution in [3.05, 3.63) is 83.9 Å². The molecule has 0 radical (unpaired) electrons. The van der Waals surface area contributed by atoms with Gasteiger partial charge in [0.1, 0.15) is 11.5 Å². The summed E-state index contributed by atoms with van der Waals surface area (Å²) in [5.74, 6) is 1.96. The standard InChI is InChI=1S/C19H14OS/c1-2-8-15(9-3-1)21-19-12-6-11-18-16(19)13-14-7-4-5-10-17(14)20-18/h1-12H,13H2. The van der Waals surface area contributed by atoms with Crippen LogP contribution in [-0.2, 0) is 6.42 Å².